The lowest BCUT2D eigenvalue weighted by molar-refractivity contribution is -0.135. The van der Waals surface area contributed by atoms with E-state index in [1.165, 1.54) is 25.3 Å². The quantitative estimate of drug-likeness (QED) is 0.621. The summed E-state index contributed by atoms with van der Waals surface area (Å²) in [5.74, 6) is 0.0355. The smallest absolute Gasteiger partial charge is 0.389 e. The molecule has 0 radical (unpaired) electrons. The van der Waals surface area contributed by atoms with Crippen LogP contribution in [0.1, 0.15) is 12.8 Å². The molecule has 0 fully saturated rings. The molecule has 114 valence electrons. The lowest BCUT2D eigenvalue weighted by Gasteiger charge is -2.11. The van der Waals surface area contributed by atoms with Gasteiger partial charge in [-0.2, -0.15) is 13.2 Å². The fraction of sp³-hybridized carbons (Fsp3) is 0.455. The van der Waals surface area contributed by atoms with Gasteiger partial charge in [-0.3, -0.25) is 0 Å². The summed E-state index contributed by atoms with van der Waals surface area (Å²) in [5.41, 5.74) is 5.81. The number of sulfonamides is 1. The molecule has 0 aliphatic carbocycles. The number of hydrogen-bond donors (Lipinski definition) is 2. The Hall–Kier alpha value is -1.48. The predicted octanol–water partition coefficient (Wildman–Crippen LogP) is 1.90. The molecule has 0 unspecified atom stereocenters. The molecule has 0 aliphatic heterocycles. The van der Waals surface area contributed by atoms with Gasteiger partial charge in [0.05, 0.1) is 7.11 Å². The van der Waals surface area contributed by atoms with Crippen LogP contribution >= 0.6 is 0 Å². The number of nitrogens with one attached hydrogen (secondary N) is 1. The first kappa shape index (κ1) is 16.6. The van der Waals surface area contributed by atoms with E-state index in [1.54, 1.807) is 0 Å². The van der Waals surface area contributed by atoms with E-state index in [9.17, 15) is 21.6 Å². The third-order valence-corrected chi connectivity index (χ3v) is 3.91. The number of hydrogen-bond acceptors (Lipinski definition) is 4. The molecule has 0 saturated heterocycles. The Labute approximate surface area is 115 Å². The normalized spacial score (nSPS) is 12.4. The van der Waals surface area contributed by atoms with Gasteiger partial charge in [0, 0.05) is 24.7 Å². The molecule has 9 heteroatoms. The molecule has 1 aromatic carbocycles. The van der Waals surface area contributed by atoms with Crippen molar-refractivity contribution in [2.45, 2.75) is 23.9 Å². The number of benzene rings is 1. The van der Waals surface area contributed by atoms with Crippen molar-refractivity contribution in [3.05, 3.63) is 18.2 Å². The molecule has 1 aromatic rings. The molecule has 1 rings (SSSR count). The Morgan fingerprint density at radius 2 is 2.00 bits per heavy atom. The third-order valence-electron chi connectivity index (χ3n) is 2.41. The summed E-state index contributed by atoms with van der Waals surface area (Å²) in [6.45, 7) is -0.310. The van der Waals surface area contributed by atoms with E-state index in [0.717, 1.165) is 0 Å². The molecule has 0 atom stereocenters. The first-order valence-electron chi connectivity index (χ1n) is 5.65. The minimum atomic E-state index is -4.30. The van der Waals surface area contributed by atoms with Gasteiger partial charge in [-0.1, -0.05) is 0 Å². The monoisotopic (exact) mass is 312 g/mol. The SMILES string of the molecule is COc1cc(N)ccc1S(=O)(=O)NCCCC(F)(F)F. The summed E-state index contributed by atoms with van der Waals surface area (Å²) in [5, 5.41) is 0. The van der Waals surface area contributed by atoms with E-state index in [1.807, 2.05) is 0 Å². The average molecular weight is 312 g/mol. The highest BCUT2D eigenvalue weighted by molar-refractivity contribution is 7.89. The second-order valence-electron chi connectivity index (χ2n) is 4.03. The number of nitrogens with two attached hydrogens (primary N) is 1. The Morgan fingerprint density at radius 3 is 2.55 bits per heavy atom. The van der Waals surface area contributed by atoms with Crippen molar-refractivity contribution in [3.8, 4) is 5.75 Å². The Bertz CT molecular complexity index is 559. The highest BCUT2D eigenvalue weighted by atomic mass is 32.2. The first-order valence-corrected chi connectivity index (χ1v) is 7.14. The number of alkyl halides is 3. The Morgan fingerprint density at radius 1 is 1.35 bits per heavy atom. The van der Waals surface area contributed by atoms with Crippen molar-refractivity contribution in [3.63, 3.8) is 0 Å². The van der Waals surface area contributed by atoms with Gasteiger partial charge in [0.1, 0.15) is 10.6 Å². The first-order chi connectivity index (χ1) is 9.15. The summed E-state index contributed by atoms with van der Waals surface area (Å²) in [7, 11) is -2.66. The van der Waals surface area contributed by atoms with E-state index < -0.39 is 22.6 Å². The van der Waals surface area contributed by atoms with Crippen LogP contribution in [0.3, 0.4) is 0 Å². The van der Waals surface area contributed by atoms with Crippen molar-refractivity contribution in [2.24, 2.45) is 0 Å². The van der Waals surface area contributed by atoms with Crippen LogP contribution in [0.5, 0.6) is 5.75 Å². The molecule has 0 spiro atoms. The van der Waals surface area contributed by atoms with E-state index in [-0.39, 0.29) is 23.6 Å². The lowest BCUT2D eigenvalue weighted by Crippen LogP contribution is -2.26. The van der Waals surface area contributed by atoms with E-state index in [2.05, 4.69) is 4.72 Å². The third kappa shape index (κ3) is 4.89. The molecular weight excluding hydrogens is 297 g/mol. The van der Waals surface area contributed by atoms with Crippen LogP contribution in [0.2, 0.25) is 0 Å². The van der Waals surface area contributed by atoms with Crippen LogP contribution < -0.4 is 15.2 Å². The standard InChI is InChI=1S/C11H15F3N2O3S/c1-19-9-7-8(15)3-4-10(9)20(17,18)16-6-2-5-11(12,13)14/h3-4,7,16H,2,5-6,15H2,1H3. The van der Waals surface area contributed by atoms with Crippen LogP contribution in [0.25, 0.3) is 0 Å². The lowest BCUT2D eigenvalue weighted by atomic mass is 10.3. The maximum absolute atomic E-state index is 12.0. The van der Waals surface area contributed by atoms with Crippen LogP contribution in [0, 0.1) is 0 Å². The minimum Gasteiger partial charge on any atom is -0.495 e. The summed E-state index contributed by atoms with van der Waals surface area (Å²) in [6, 6.07) is 3.93. The molecule has 0 bridgehead atoms. The van der Waals surface area contributed by atoms with Crippen LogP contribution in [-0.2, 0) is 10.0 Å². The fourth-order valence-electron chi connectivity index (χ4n) is 1.48. The second kappa shape index (κ2) is 6.31. The molecule has 0 saturated carbocycles. The van der Waals surface area contributed by atoms with Crippen LogP contribution in [0.15, 0.2) is 23.1 Å². The zero-order valence-corrected chi connectivity index (χ0v) is 11.5. The zero-order valence-electron chi connectivity index (χ0n) is 10.7. The fourth-order valence-corrected chi connectivity index (χ4v) is 2.70. The van der Waals surface area contributed by atoms with Crippen LogP contribution in [0.4, 0.5) is 18.9 Å². The molecule has 3 N–H and O–H groups in total. The number of methoxy groups -OCH3 is 1. The van der Waals surface area contributed by atoms with Crippen molar-refractivity contribution in [1.82, 2.24) is 4.72 Å². The molecule has 0 heterocycles. The Kier molecular flexibility index (Phi) is 5.23. The number of rotatable bonds is 6. The number of anilines is 1. The Balaban J connectivity index is 2.74. The summed E-state index contributed by atoms with van der Waals surface area (Å²) in [4.78, 5) is -0.166. The van der Waals surface area contributed by atoms with Gasteiger partial charge in [0.15, 0.2) is 0 Å². The minimum absolute atomic E-state index is 0.0355. The highest BCUT2D eigenvalue weighted by Crippen LogP contribution is 2.26. The van der Waals surface area contributed by atoms with Gasteiger partial charge < -0.3 is 10.5 Å². The van der Waals surface area contributed by atoms with Crippen molar-refractivity contribution >= 4 is 15.7 Å². The number of nitrogen functional groups attached to an aromatic ring is 1. The van der Waals surface area contributed by atoms with Crippen molar-refractivity contribution in [2.75, 3.05) is 19.4 Å². The van der Waals surface area contributed by atoms with E-state index >= 15 is 0 Å². The maximum atomic E-state index is 12.0. The van der Waals surface area contributed by atoms with Gasteiger partial charge in [-0.15, -0.1) is 0 Å². The van der Waals surface area contributed by atoms with Gasteiger partial charge in [-0.05, 0) is 18.6 Å². The zero-order chi connectivity index (χ0) is 15.4. The molecule has 20 heavy (non-hydrogen) atoms. The largest absolute Gasteiger partial charge is 0.495 e. The maximum Gasteiger partial charge on any atom is 0.389 e. The van der Waals surface area contributed by atoms with Crippen molar-refractivity contribution < 1.29 is 26.3 Å². The summed E-state index contributed by atoms with van der Waals surface area (Å²) in [6.07, 6.45) is -5.68. The molecule has 0 amide bonds. The van der Waals surface area contributed by atoms with Gasteiger partial charge in [0.2, 0.25) is 10.0 Å². The highest BCUT2D eigenvalue weighted by Gasteiger charge is 2.26. The van der Waals surface area contributed by atoms with E-state index in [4.69, 9.17) is 10.5 Å². The van der Waals surface area contributed by atoms with Crippen molar-refractivity contribution in [1.29, 1.82) is 0 Å². The van der Waals surface area contributed by atoms with Gasteiger partial charge in [-0.25, -0.2) is 13.1 Å². The summed E-state index contributed by atoms with van der Waals surface area (Å²) < 4.78 is 66.7. The van der Waals surface area contributed by atoms with Crippen LogP contribution in [-0.4, -0.2) is 28.2 Å². The number of halogens is 3. The average Bonchev–Trinajstić information content (AvgIpc) is 2.33. The van der Waals surface area contributed by atoms with Gasteiger partial charge >= 0.3 is 6.18 Å². The topological polar surface area (TPSA) is 81.4 Å². The van der Waals surface area contributed by atoms with Gasteiger partial charge in [0.25, 0.3) is 0 Å². The molecule has 0 aromatic heterocycles. The molecule has 0 aliphatic rings. The molecular formula is C11H15F3N2O3S. The second-order valence-corrected chi connectivity index (χ2v) is 5.76. The molecule has 5 nitrogen and oxygen atoms in total. The summed E-state index contributed by atoms with van der Waals surface area (Å²) >= 11 is 0. The predicted molar refractivity (Wildman–Crippen MR) is 67.9 cm³/mol. The van der Waals surface area contributed by atoms with E-state index in [0.29, 0.717) is 5.69 Å². The number of ether oxygens (including phenoxy) is 1.